The Morgan fingerprint density at radius 1 is 1.39 bits per heavy atom. The van der Waals surface area contributed by atoms with Gasteiger partial charge in [0.15, 0.2) is 0 Å². The number of nitrogens with two attached hydrogens (primary N) is 1. The molecule has 0 unspecified atom stereocenters. The van der Waals surface area contributed by atoms with E-state index in [9.17, 15) is 9.59 Å². The Balaban J connectivity index is 1.90. The van der Waals surface area contributed by atoms with Crippen molar-refractivity contribution in [2.45, 2.75) is 6.54 Å². The summed E-state index contributed by atoms with van der Waals surface area (Å²) in [6, 6.07) is 6.53. The fraction of sp³-hybridized carbons (Fsp3) is 0.167. The van der Waals surface area contributed by atoms with Crippen LogP contribution in [-0.4, -0.2) is 17.1 Å². The zero-order valence-electron chi connectivity index (χ0n) is 9.54. The molecule has 18 heavy (non-hydrogen) atoms. The van der Waals surface area contributed by atoms with Crippen LogP contribution in [-0.2, 0) is 11.3 Å². The molecule has 94 valence electrons. The molecule has 5 nitrogen and oxygen atoms in total. The van der Waals surface area contributed by atoms with Crippen LogP contribution in [0.15, 0.2) is 40.6 Å². The van der Waals surface area contributed by atoms with Crippen LogP contribution in [0.3, 0.4) is 0 Å². The van der Waals surface area contributed by atoms with E-state index in [1.165, 1.54) is 22.0 Å². The van der Waals surface area contributed by atoms with E-state index in [1.807, 2.05) is 0 Å². The fourth-order valence-electron chi connectivity index (χ4n) is 1.43. The van der Waals surface area contributed by atoms with Crippen molar-refractivity contribution in [3.63, 3.8) is 0 Å². The minimum atomic E-state index is -0.452. The first-order chi connectivity index (χ1) is 8.68. The van der Waals surface area contributed by atoms with Crippen LogP contribution in [0.4, 0.5) is 5.69 Å². The second-order valence-corrected chi connectivity index (χ2v) is 4.49. The number of carbonyl (C=O) groups is 1. The van der Waals surface area contributed by atoms with Crippen molar-refractivity contribution in [3.05, 3.63) is 51.1 Å². The SMILES string of the molecule is Nc1ccsc1C(=O)OCCn1ccccc1=O. The molecule has 0 saturated carbocycles. The highest BCUT2D eigenvalue weighted by molar-refractivity contribution is 7.12. The van der Waals surface area contributed by atoms with Gasteiger partial charge in [0.2, 0.25) is 0 Å². The first-order valence-corrected chi connectivity index (χ1v) is 6.22. The lowest BCUT2D eigenvalue weighted by molar-refractivity contribution is 0.0497. The highest BCUT2D eigenvalue weighted by Gasteiger charge is 2.12. The van der Waals surface area contributed by atoms with Crippen LogP contribution in [0.5, 0.6) is 0 Å². The van der Waals surface area contributed by atoms with Gasteiger partial charge in [0.25, 0.3) is 5.56 Å². The summed E-state index contributed by atoms with van der Waals surface area (Å²) in [5, 5.41) is 1.73. The molecule has 2 heterocycles. The summed E-state index contributed by atoms with van der Waals surface area (Å²) in [6.45, 7) is 0.469. The van der Waals surface area contributed by atoms with Gasteiger partial charge in [0, 0.05) is 12.3 Å². The van der Waals surface area contributed by atoms with E-state index in [0.717, 1.165) is 0 Å². The number of hydrogen-bond acceptors (Lipinski definition) is 5. The molecule has 6 heteroatoms. The molecule has 0 spiro atoms. The van der Waals surface area contributed by atoms with E-state index in [2.05, 4.69) is 0 Å². The molecule has 0 atom stereocenters. The maximum absolute atomic E-state index is 11.6. The van der Waals surface area contributed by atoms with Gasteiger partial charge in [-0.15, -0.1) is 11.3 Å². The number of thiophene rings is 1. The highest BCUT2D eigenvalue weighted by Crippen LogP contribution is 2.19. The number of nitrogen functional groups attached to an aromatic ring is 1. The van der Waals surface area contributed by atoms with Gasteiger partial charge in [0.1, 0.15) is 11.5 Å². The maximum atomic E-state index is 11.6. The summed E-state index contributed by atoms with van der Waals surface area (Å²) in [4.78, 5) is 23.4. The Kier molecular flexibility index (Phi) is 3.78. The van der Waals surface area contributed by atoms with Crippen LogP contribution >= 0.6 is 11.3 Å². The zero-order chi connectivity index (χ0) is 13.0. The van der Waals surface area contributed by atoms with E-state index < -0.39 is 5.97 Å². The highest BCUT2D eigenvalue weighted by atomic mass is 32.1. The average Bonchev–Trinajstić information content (AvgIpc) is 2.78. The third-order valence-corrected chi connectivity index (χ3v) is 3.26. The van der Waals surface area contributed by atoms with Gasteiger partial charge < -0.3 is 15.0 Å². The first-order valence-electron chi connectivity index (χ1n) is 5.34. The molecule has 0 amide bonds. The molecule has 2 aromatic heterocycles. The van der Waals surface area contributed by atoms with Gasteiger partial charge >= 0.3 is 5.97 Å². The van der Waals surface area contributed by atoms with Crippen LogP contribution in [0.25, 0.3) is 0 Å². The van der Waals surface area contributed by atoms with Crippen molar-refractivity contribution in [2.24, 2.45) is 0 Å². The third kappa shape index (κ3) is 2.78. The zero-order valence-corrected chi connectivity index (χ0v) is 10.4. The van der Waals surface area contributed by atoms with Crippen LogP contribution in [0, 0.1) is 0 Å². The topological polar surface area (TPSA) is 74.3 Å². The number of pyridine rings is 1. The number of carbonyl (C=O) groups excluding carboxylic acids is 1. The Hall–Kier alpha value is -2.08. The number of anilines is 1. The van der Waals surface area contributed by atoms with Gasteiger partial charge in [0.05, 0.1) is 12.2 Å². The molecule has 2 N–H and O–H groups in total. The average molecular weight is 264 g/mol. The predicted molar refractivity (Wildman–Crippen MR) is 69.7 cm³/mol. The summed E-state index contributed by atoms with van der Waals surface area (Å²) in [6.07, 6.45) is 1.65. The number of ether oxygens (including phenoxy) is 1. The van der Waals surface area contributed by atoms with Crippen molar-refractivity contribution in [2.75, 3.05) is 12.3 Å². The maximum Gasteiger partial charge on any atom is 0.350 e. The Bertz CT molecular complexity index is 603. The number of rotatable bonds is 4. The summed E-state index contributed by atoms with van der Waals surface area (Å²) in [5.41, 5.74) is 5.90. The van der Waals surface area contributed by atoms with E-state index in [-0.39, 0.29) is 12.2 Å². The molecule has 2 rings (SSSR count). The van der Waals surface area contributed by atoms with Crippen LogP contribution < -0.4 is 11.3 Å². The second kappa shape index (κ2) is 5.50. The van der Waals surface area contributed by atoms with Gasteiger partial charge in [-0.25, -0.2) is 4.79 Å². The molecule has 2 aromatic rings. The van der Waals surface area contributed by atoms with Gasteiger partial charge in [-0.2, -0.15) is 0 Å². The van der Waals surface area contributed by atoms with Crippen molar-refractivity contribution in [3.8, 4) is 0 Å². The quantitative estimate of drug-likeness (QED) is 0.846. The van der Waals surface area contributed by atoms with Crippen molar-refractivity contribution < 1.29 is 9.53 Å². The van der Waals surface area contributed by atoms with Gasteiger partial charge in [-0.1, -0.05) is 6.07 Å². The Morgan fingerprint density at radius 2 is 2.22 bits per heavy atom. The van der Waals surface area contributed by atoms with E-state index in [0.29, 0.717) is 17.1 Å². The van der Waals surface area contributed by atoms with Crippen LogP contribution in [0.2, 0.25) is 0 Å². The lowest BCUT2D eigenvalue weighted by atomic mass is 10.4. The molecule has 0 aliphatic heterocycles. The van der Waals surface area contributed by atoms with Crippen molar-refractivity contribution in [1.29, 1.82) is 0 Å². The number of esters is 1. The molecule has 0 fully saturated rings. The molecule has 0 aromatic carbocycles. The summed E-state index contributed by atoms with van der Waals surface area (Å²) >= 11 is 1.24. The smallest absolute Gasteiger partial charge is 0.350 e. The fourth-order valence-corrected chi connectivity index (χ4v) is 2.14. The van der Waals surface area contributed by atoms with Crippen molar-refractivity contribution in [1.82, 2.24) is 4.57 Å². The largest absolute Gasteiger partial charge is 0.460 e. The monoisotopic (exact) mass is 264 g/mol. The van der Waals surface area contributed by atoms with Gasteiger partial charge in [-0.05, 0) is 17.5 Å². The van der Waals surface area contributed by atoms with E-state index in [4.69, 9.17) is 10.5 Å². The molecule has 0 radical (unpaired) electrons. The molecule has 0 saturated heterocycles. The Morgan fingerprint density at radius 3 is 2.89 bits per heavy atom. The normalized spacial score (nSPS) is 10.2. The third-order valence-electron chi connectivity index (χ3n) is 2.35. The minimum Gasteiger partial charge on any atom is -0.460 e. The second-order valence-electron chi connectivity index (χ2n) is 3.57. The van der Waals surface area contributed by atoms with E-state index >= 15 is 0 Å². The van der Waals surface area contributed by atoms with Gasteiger partial charge in [-0.3, -0.25) is 4.79 Å². The lowest BCUT2D eigenvalue weighted by Gasteiger charge is -2.06. The summed E-state index contributed by atoms with van der Waals surface area (Å²) in [5.74, 6) is -0.452. The molecule has 0 bridgehead atoms. The molecule has 0 aliphatic carbocycles. The lowest BCUT2D eigenvalue weighted by Crippen LogP contribution is -2.21. The predicted octanol–water partition coefficient (Wildman–Crippen LogP) is 1.35. The minimum absolute atomic E-state index is 0.121. The van der Waals surface area contributed by atoms with E-state index in [1.54, 1.807) is 29.8 Å². The summed E-state index contributed by atoms with van der Waals surface area (Å²) in [7, 11) is 0. The Labute approximate surface area is 107 Å². The van der Waals surface area contributed by atoms with Crippen LogP contribution in [0.1, 0.15) is 9.67 Å². The molecule has 0 aliphatic rings. The molecular weight excluding hydrogens is 252 g/mol. The number of aromatic nitrogens is 1. The van der Waals surface area contributed by atoms with Crippen molar-refractivity contribution >= 4 is 23.0 Å². The summed E-state index contributed by atoms with van der Waals surface area (Å²) < 4.78 is 6.54. The first kappa shape index (κ1) is 12.4. The molecular formula is C12H12N2O3S. The standard InChI is InChI=1S/C12H12N2O3S/c13-9-4-8-18-11(9)12(16)17-7-6-14-5-2-1-3-10(14)15/h1-5,8H,6-7,13H2. The number of nitrogens with zero attached hydrogens (tertiary/aromatic N) is 1. The number of hydrogen-bond donors (Lipinski definition) is 1.